The van der Waals surface area contributed by atoms with E-state index in [1.165, 1.54) is 11.8 Å². The third kappa shape index (κ3) is 3.46. The van der Waals surface area contributed by atoms with Gasteiger partial charge in [0.25, 0.3) is 0 Å². The van der Waals surface area contributed by atoms with Gasteiger partial charge in [0.05, 0.1) is 11.2 Å². The second-order valence-corrected chi connectivity index (χ2v) is 6.66. The Hall–Kier alpha value is -1.20. The lowest BCUT2D eigenvalue weighted by atomic mass is 9.90. The molecule has 20 heavy (non-hydrogen) atoms. The normalized spacial score (nSPS) is 22.0. The first-order valence-electron chi connectivity index (χ1n) is 6.30. The van der Waals surface area contributed by atoms with E-state index in [0.717, 1.165) is 4.90 Å². The third-order valence-electron chi connectivity index (χ3n) is 3.52. The summed E-state index contributed by atoms with van der Waals surface area (Å²) in [4.78, 5) is 25.8. The summed E-state index contributed by atoms with van der Waals surface area (Å²) in [6.07, 6.45) is 0.514. The van der Waals surface area contributed by atoms with Crippen LogP contribution >= 0.6 is 23.4 Å². The van der Waals surface area contributed by atoms with Crippen molar-refractivity contribution >= 4 is 35.2 Å². The van der Waals surface area contributed by atoms with Crippen LogP contribution in [0.2, 0.25) is 5.02 Å². The number of carboxylic acids is 1. The Morgan fingerprint density at radius 2 is 2.05 bits per heavy atom. The van der Waals surface area contributed by atoms with Crippen LogP contribution in [-0.4, -0.2) is 40.7 Å². The van der Waals surface area contributed by atoms with E-state index in [9.17, 15) is 9.59 Å². The molecule has 1 aliphatic heterocycles. The van der Waals surface area contributed by atoms with Gasteiger partial charge >= 0.3 is 5.97 Å². The maximum absolute atomic E-state index is 12.1. The number of halogens is 1. The van der Waals surface area contributed by atoms with Gasteiger partial charge in [0.15, 0.2) is 0 Å². The zero-order chi connectivity index (χ0) is 14.8. The summed E-state index contributed by atoms with van der Waals surface area (Å²) in [5, 5.41) is 9.81. The van der Waals surface area contributed by atoms with Crippen molar-refractivity contribution in [2.75, 3.05) is 18.8 Å². The van der Waals surface area contributed by atoms with Gasteiger partial charge in [0, 0.05) is 23.0 Å². The number of carbonyl (C=O) groups is 2. The highest BCUT2D eigenvalue weighted by Gasteiger charge is 2.41. The number of thioether (sulfide) groups is 1. The van der Waals surface area contributed by atoms with Crippen molar-refractivity contribution in [3.8, 4) is 0 Å². The number of carboxylic acid groups (broad SMARTS) is 1. The highest BCUT2D eigenvalue weighted by molar-refractivity contribution is 8.00. The minimum Gasteiger partial charge on any atom is -0.481 e. The molecule has 1 aromatic rings. The van der Waals surface area contributed by atoms with Crippen LogP contribution in [0.1, 0.15) is 13.3 Å². The van der Waals surface area contributed by atoms with Crippen molar-refractivity contribution in [3.05, 3.63) is 29.3 Å². The number of nitrogens with zero attached hydrogens (tertiary/aromatic N) is 1. The first-order valence-corrected chi connectivity index (χ1v) is 7.67. The molecule has 2 rings (SSSR count). The average Bonchev–Trinajstić information content (AvgIpc) is 2.82. The van der Waals surface area contributed by atoms with Crippen LogP contribution in [0.25, 0.3) is 0 Å². The van der Waals surface area contributed by atoms with Gasteiger partial charge in [-0.2, -0.15) is 0 Å². The van der Waals surface area contributed by atoms with Crippen molar-refractivity contribution in [3.63, 3.8) is 0 Å². The number of benzene rings is 1. The van der Waals surface area contributed by atoms with Gasteiger partial charge in [-0.05, 0) is 37.6 Å². The van der Waals surface area contributed by atoms with E-state index >= 15 is 0 Å². The SMILES string of the molecule is CC1(C(=O)O)CCN(C(=O)CSc2ccc(Cl)cc2)C1. The molecule has 1 heterocycles. The molecule has 1 aromatic carbocycles. The molecule has 0 bridgehead atoms. The quantitative estimate of drug-likeness (QED) is 0.868. The van der Waals surface area contributed by atoms with Crippen molar-refractivity contribution < 1.29 is 14.7 Å². The van der Waals surface area contributed by atoms with Crippen LogP contribution in [0.15, 0.2) is 29.2 Å². The number of rotatable bonds is 4. The monoisotopic (exact) mass is 313 g/mol. The standard InChI is InChI=1S/C14H16ClNO3S/c1-14(13(18)19)6-7-16(9-14)12(17)8-20-11-4-2-10(15)3-5-11/h2-5H,6-9H2,1H3,(H,18,19). The van der Waals surface area contributed by atoms with Crippen LogP contribution < -0.4 is 0 Å². The molecular formula is C14H16ClNO3S. The predicted molar refractivity (Wildman–Crippen MR) is 79.1 cm³/mol. The summed E-state index contributed by atoms with van der Waals surface area (Å²) in [6, 6.07) is 7.30. The van der Waals surface area contributed by atoms with Gasteiger partial charge in [-0.25, -0.2) is 0 Å². The van der Waals surface area contributed by atoms with Crippen LogP contribution in [-0.2, 0) is 9.59 Å². The van der Waals surface area contributed by atoms with Crippen LogP contribution in [0.4, 0.5) is 0 Å². The van der Waals surface area contributed by atoms with Gasteiger partial charge in [0.1, 0.15) is 0 Å². The third-order valence-corrected chi connectivity index (χ3v) is 4.77. The largest absolute Gasteiger partial charge is 0.481 e. The summed E-state index contributed by atoms with van der Waals surface area (Å²) < 4.78 is 0. The number of likely N-dealkylation sites (tertiary alicyclic amines) is 1. The van der Waals surface area contributed by atoms with Crippen molar-refractivity contribution in [1.82, 2.24) is 4.90 Å². The molecule has 0 aromatic heterocycles. The Morgan fingerprint density at radius 1 is 1.40 bits per heavy atom. The van der Waals surface area contributed by atoms with Crippen molar-refractivity contribution in [2.24, 2.45) is 5.41 Å². The molecule has 1 amide bonds. The molecule has 0 aliphatic carbocycles. The zero-order valence-corrected chi connectivity index (χ0v) is 12.7. The molecule has 1 fully saturated rings. The van der Waals surface area contributed by atoms with Crippen LogP contribution in [0.3, 0.4) is 0 Å². The number of carbonyl (C=O) groups excluding carboxylic acids is 1. The first-order chi connectivity index (χ1) is 9.40. The van der Waals surface area contributed by atoms with Gasteiger partial charge in [-0.15, -0.1) is 11.8 Å². The van der Waals surface area contributed by atoms with Crippen LogP contribution in [0.5, 0.6) is 0 Å². The fourth-order valence-corrected chi connectivity index (χ4v) is 3.04. The smallest absolute Gasteiger partial charge is 0.311 e. The molecular weight excluding hydrogens is 298 g/mol. The zero-order valence-electron chi connectivity index (χ0n) is 11.1. The molecule has 6 heteroatoms. The summed E-state index contributed by atoms with van der Waals surface area (Å²) in [6.45, 7) is 2.50. The highest BCUT2D eigenvalue weighted by atomic mass is 35.5. The predicted octanol–water partition coefficient (Wildman–Crippen LogP) is 2.76. The van der Waals surface area contributed by atoms with E-state index in [1.807, 2.05) is 12.1 Å². The maximum Gasteiger partial charge on any atom is 0.311 e. The van der Waals surface area contributed by atoms with Gasteiger partial charge in [-0.1, -0.05) is 11.6 Å². The minimum absolute atomic E-state index is 0.0186. The number of aliphatic carboxylic acids is 1. The van der Waals surface area contributed by atoms with Crippen molar-refractivity contribution in [2.45, 2.75) is 18.2 Å². The number of hydrogen-bond donors (Lipinski definition) is 1. The minimum atomic E-state index is -0.835. The fraction of sp³-hybridized carbons (Fsp3) is 0.429. The second kappa shape index (κ2) is 6.06. The molecule has 0 saturated carbocycles. The van der Waals surface area contributed by atoms with Gasteiger partial charge in [0.2, 0.25) is 5.91 Å². The van der Waals surface area contributed by atoms with Gasteiger partial charge < -0.3 is 10.0 Å². The molecule has 1 saturated heterocycles. The number of amides is 1. The summed E-state index contributed by atoms with van der Waals surface area (Å²) in [7, 11) is 0. The highest BCUT2D eigenvalue weighted by Crippen LogP contribution is 2.31. The Morgan fingerprint density at radius 3 is 2.60 bits per heavy atom. The van der Waals surface area contributed by atoms with E-state index in [1.54, 1.807) is 24.0 Å². The van der Waals surface area contributed by atoms with E-state index < -0.39 is 11.4 Å². The molecule has 0 radical (unpaired) electrons. The van der Waals surface area contributed by atoms with E-state index in [4.69, 9.17) is 16.7 Å². The summed E-state index contributed by atoms with van der Waals surface area (Å²) in [5.74, 6) is -0.537. The summed E-state index contributed by atoms with van der Waals surface area (Å²) in [5.41, 5.74) is -0.805. The van der Waals surface area contributed by atoms with E-state index in [2.05, 4.69) is 0 Å². The average molecular weight is 314 g/mol. The molecule has 1 atom stereocenters. The molecule has 1 unspecified atom stereocenters. The topological polar surface area (TPSA) is 57.6 Å². The van der Waals surface area contributed by atoms with Gasteiger partial charge in [-0.3, -0.25) is 9.59 Å². The Bertz CT molecular complexity index is 520. The Kier molecular flexibility index (Phi) is 4.60. The maximum atomic E-state index is 12.1. The number of hydrogen-bond acceptors (Lipinski definition) is 3. The Balaban J connectivity index is 1.87. The van der Waals surface area contributed by atoms with E-state index in [0.29, 0.717) is 30.3 Å². The lowest BCUT2D eigenvalue weighted by Gasteiger charge is -2.20. The fourth-order valence-electron chi connectivity index (χ4n) is 2.12. The lowest BCUT2D eigenvalue weighted by Crippen LogP contribution is -2.35. The van der Waals surface area contributed by atoms with E-state index in [-0.39, 0.29) is 5.91 Å². The second-order valence-electron chi connectivity index (χ2n) is 5.17. The summed E-state index contributed by atoms with van der Waals surface area (Å²) >= 11 is 7.23. The lowest BCUT2D eigenvalue weighted by molar-refractivity contribution is -0.147. The van der Waals surface area contributed by atoms with Crippen molar-refractivity contribution in [1.29, 1.82) is 0 Å². The van der Waals surface area contributed by atoms with Crippen LogP contribution in [0, 0.1) is 5.41 Å². The molecule has 1 N–H and O–H groups in total. The molecule has 108 valence electrons. The Labute approximate surface area is 127 Å². The first kappa shape index (κ1) is 15.2. The molecule has 0 spiro atoms. The molecule has 1 aliphatic rings. The molecule has 4 nitrogen and oxygen atoms in total.